The van der Waals surface area contributed by atoms with Gasteiger partial charge in [-0.1, -0.05) is 12.1 Å². The van der Waals surface area contributed by atoms with E-state index in [1.165, 1.54) is 0 Å². The summed E-state index contributed by atoms with van der Waals surface area (Å²) in [6.45, 7) is 6.22. The Morgan fingerprint density at radius 3 is 2.24 bits per heavy atom. The summed E-state index contributed by atoms with van der Waals surface area (Å²) in [4.78, 5) is 29.8. The lowest BCUT2D eigenvalue weighted by Crippen LogP contribution is -2.53. The standard InChI is InChI=1S/C18H29N5O2/c1-4-19-17(24)14-22-9-11-23(12-10-22)18(25)20-13-15-5-7-16(8-6-15)21(2)3/h5-8H,4,9-14H2,1-3H3,(H,19,24)(H,20,25). The van der Waals surface area contributed by atoms with E-state index in [2.05, 4.69) is 15.5 Å². The largest absolute Gasteiger partial charge is 0.378 e. The van der Waals surface area contributed by atoms with Crippen LogP contribution in [0, 0.1) is 0 Å². The molecule has 7 nitrogen and oxygen atoms in total. The number of amides is 3. The summed E-state index contributed by atoms with van der Waals surface area (Å²) in [5, 5.41) is 5.77. The summed E-state index contributed by atoms with van der Waals surface area (Å²) in [6, 6.07) is 8.09. The number of rotatable bonds is 6. The van der Waals surface area contributed by atoms with E-state index in [1.807, 2.05) is 55.1 Å². The highest BCUT2D eigenvalue weighted by Crippen LogP contribution is 2.12. The van der Waals surface area contributed by atoms with Gasteiger partial charge in [0.15, 0.2) is 0 Å². The number of carbonyl (C=O) groups excluding carboxylic acids is 2. The molecule has 1 aliphatic heterocycles. The first kappa shape index (κ1) is 19.1. The normalized spacial score (nSPS) is 14.9. The van der Waals surface area contributed by atoms with Crippen molar-refractivity contribution in [2.24, 2.45) is 0 Å². The fourth-order valence-electron chi connectivity index (χ4n) is 2.77. The van der Waals surface area contributed by atoms with Crippen LogP contribution in [0.1, 0.15) is 12.5 Å². The zero-order chi connectivity index (χ0) is 18.2. The quantitative estimate of drug-likeness (QED) is 0.796. The van der Waals surface area contributed by atoms with Gasteiger partial charge in [-0.05, 0) is 24.6 Å². The molecule has 1 saturated heterocycles. The number of hydrogen-bond acceptors (Lipinski definition) is 4. The van der Waals surface area contributed by atoms with Crippen LogP contribution in [-0.2, 0) is 11.3 Å². The first-order chi connectivity index (χ1) is 12.0. The maximum absolute atomic E-state index is 12.3. The molecule has 1 fully saturated rings. The molecular weight excluding hydrogens is 318 g/mol. The lowest BCUT2D eigenvalue weighted by atomic mass is 10.2. The van der Waals surface area contributed by atoms with Crippen LogP contribution in [0.5, 0.6) is 0 Å². The van der Waals surface area contributed by atoms with Gasteiger partial charge in [0, 0.05) is 59.1 Å². The molecule has 0 saturated carbocycles. The van der Waals surface area contributed by atoms with Gasteiger partial charge in [-0.15, -0.1) is 0 Å². The van der Waals surface area contributed by atoms with Crippen LogP contribution in [0.4, 0.5) is 10.5 Å². The van der Waals surface area contributed by atoms with E-state index < -0.39 is 0 Å². The van der Waals surface area contributed by atoms with Gasteiger partial charge in [0.05, 0.1) is 6.54 Å². The maximum atomic E-state index is 12.3. The van der Waals surface area contributed by atoms with Crippen molar-refractivity contribution in [1.29, 1.82) is 0 Å². The van der Waals surface area contributed by atoms with Crippen LogP contribution in [-0.4, -0.2) is 75.1 Å². The molecule has 0 atom stereocenters. The molecule has 1 aromatic carbocycles. The zero-order valence-electron chi connectivity index (χ0n) is 15.4. The third-order valence-electron chi connectivity index (χ3n) is 4.30. The third kappa shape index (κ3) is 5.94. The molecule has 0 aromatic heterocycles. The van der Waals surface area contributed by atoms with E-state index in [0.717, 1.165) is 24.3 Å². The molecule has 1 aliphatic rings. The highest BCUT2D eigenvalue weighted by atomic mass is 16.2. The highest BCUT2D eigenvalue weighted by Gasteiger charge is 2.22. The molecule has 0 radical (unpaired) electrons. The molecule has 0 spiro atoms. The van der Waals surface area contributed by atoms with Crippen LogP contribution in [0.25, 0.3) is 0 Å². The van der Waals surface area contributed by atoms with Crippen LogP contribution >= 0.6 is 0 Å². The molecule has 0 aliphatic carbocycles. The van der Waals surface area contributed by atoms with Gasteiger partial charge in [0.25, 0.3) is 0 Å². The second kappa shape index (κ2) is 9.27. The molecule has 25 heavy (non-hydrogen) atoms. The summed E-state index contributed by atoms with van der Waals surface area (Å²) in [5.41, 5.74) is 2.21. The van der Waals surface area contributed by atoms with Gasteiger partial charge >= 0.3 is 6.03 Å². The van der Waals surface area contributed by atoms with Gasteiger partial charge in [0.1, 0.15) is 0 Å². The van der Waals surface area contributed by atoms with E-state index >= 15 is 0 Å². The summed E-state index contributed by atoms with van der Waals surface area (Å²) in [6.07, 6.45) is 0. The Labute approximate surface area is 150 Å². The van der Waals surface area contributed by atoms with Gasteiger partial charge in [0.2, 0.25) is 5.91 Å². The number of anilines is 1. The van der Waals surface area contributed by atoms with E-state index in [9.17, 15) is 9.59 Å². The van der Waals surface area contributed by atoms with Gasteiger partial charge in [-0.25, -0.2) is 4.79 Å². The Hall–Kier alpha value is -2.28. The lowest BCUT2D eigenvalue weighted by molar-refractivity contribution is -0.122. The number of benzene rings is 1. The van der Waals surface area contributed by atoms with Crippen molar-refractivity contribution in [3.8, 4) is 0 Å². The number of nitrogens with zero attached hydrogens (tertiary/aromatic N) is 3. The van der Waals surface area contributed by atoms with Crippen molar-refractivity contribution >= 4 is 17.6 Å². The Bertz CT molecular complexity index is 565. The van der Waals surface area contributed by atoms with Crippen LogP contribution in [0.15, 0.2) is 24.3 Å². The summed E-state index contributed by atoms with van der Waals surface area (Å²) < 4.78 is 0. The number of hydrogen-bond donors (Lipinski definition) is 2. The van der Waals surface area contributed by atoms with Gasteiger partial charge in [-0.3, -0.25) is 9.69 Å². The maximum Gasteiger partial charge on any atom is 0.317 e. The van der Waals surface area contributed by atoms with Crippen molar-refractivity contribution in [3.63, 3.8) is 0 Å². The minimum Gasteiger partial charge on any atom is -0.378 e. The number of piperazine rings is 1. The number of likely N-dealkylation sites (N-methyl/N-ethyl adjacent to an activating group) is 1. The average Bonchev–Trinajstić information content (AvgIpc) is 2.61. The Morgan fingerprint density at radius 2 is 1.68 bits per heavy atom. The van der Waals surface area contributed by atoms with Gasteiger partial charge in [-0.2, -0.15) is 0 Å². The molecule has 3 amide bonds. The smallest absolute Gasteiger partial charge is 0.317 e. The lowest BCUT2D eigenvalue weighted by Gasteiger charge is -2.34. The second-order valence-corrected chi connectivity index (χ2v) is 6.44. The Morgan fingerprint density at radius 1 is 1.04 bits per heavy atom. The number of urea groups is 1. The first-order valence-corrected chi connectivity index (χ1v) is 8.77. The van der Waals surface area contributed by atoms with Crippen molar-refractivity contribution < 1.29 is 9.59 Å². The fraction of sp³-hybridized carbons (Fsp3) is 0.556. The monoisotopic (exact) mass is 347 g/mol. The Balaban J connectivity index is 1.72. The SMILES string of the molecule is CCNC(=O)CN1CCN(C(=O)NCc2ccc(N(C)C)cc2)CC1. The van der Waals surface area contributed by atoms with E-state index in [4.69, 9.17) is 0 Å². The first-order valence-electron chi connectivity index (χ1n) is 8.77. The van der Waals surface area contributed by atoms with Crippen molar-refractivity contribution in [3.05, 3.63) is 29.8 Å². The van der Waals surface area contributed by atoms with Crippen LogP contribution in [0.2, 0.25) is 0 Å². The van der Waals surface area contributed by atoms with Gasteiger partial charge < -0.3 is 20.4 Å². The molecular formula is C18H29N5O2. The van der Waals surface area contributed by atoms with E-state index in [1.54, 1.807) is 0 Å². The predicted molar refractivity (Wildman–Crippen MR) is 99.7 cm³/mol. The molecule has 7 heteroatoms. The molecule has 138 valence electrons. The van der Waals surface area contributed by atoms with Crippen LogP contribution < -0.4 is 15.5 Å². The van der Waals surface area contributed by atoms with Crippen molar-refractivity contribution in [2.45, 2.75) is 13.5 Å². The molecule has 2 N–H and O–H groups in total. The van der Waals surface area contributed by atoms with Crippen LogP contribution in [0.3, 0.4) is 0 Å². The minimum atomic E-state index is -0.0469. The summed E-state index contributed by atoms with van der Waals surface area (Å²) in [5.74, 6) is 0.0431. The third-order valence-corrected chi connectivity index (χ3v) is 4.30. The Kier molecular flexibility index (Phi) is 7.06. The summed E-state index contributed by atoms with van der Waals surface area (Å²) in [7, 11) is 4.00. The zero-order valence-corrected chi connectivity index (χ0v) is 15.4. The fourth-order valence-corrected chi connectivity index (χ4v) is 2.77. The van der Waals surface area contributed by atoms with E-state index in [0.29, 0.717) is 32.7 Å². The molecule has 0 bridgehead atoms. The minimum absolute atomic E-state index is 0.0431. The predicted octanol–water partition coefficient (Wildman–Crippen LogP) is 0.716. The summed E-state index contributed by atoms with van der Waals surface area (Å²) >= 11 is 0. The molecule has 1 aromatic rings. The number of nitrogens with one attached hydrogen (secondary N) is 2. The molecule has 1 heterocycles. The molecule has 2 rings (SSSR count). The topological polar surface area (TPSA) is 67.9 Å². The van der Waals surface area contributed by atoms with E-state index in [-0.39, 0.29) is 11.9 Å². The van der Waals surface area contributed by atoms with Crippen molar-refractivity contribution in [1.82, 2.24) is 20.4 Å². The highest BCUT2D eigenvalue weighted by molar-refractivity contribution is 5.78. The molecule has 0 unspecified atom stereocenters. The number of carbonyl (C=O) groups is 2. The second-order valence-electron chi connectivity index (χ2n) is 6.44. The average molecular weight is 347 g/mol. The van der Waals surface area contributed by atoms with Crippen molar-refractivity contribution in [2.75, 3.05) is 58.3 Å².